The van der Waals surface area contributed by atoms with Crippen molar-refractivity contribution in [3.05, 3.63) is 94.1 Å². The Balaban J connectivity index is 1.53. The molecule has 244 valence electrons. The topological polar surface area (TPSA) is 50.6 Å². The molecule has 1 amide bonds. The zero-order valence-corrected chi connectivity index (χ0v) is 27.0. The minimum atomic E-state index is -4.82. The number of nitrogens with zero attached hydrogens (tertiary/aromatic N) is 4. The number of benzene rings is 3. The standard InChI is InChI=1S/C35H38F4N4O2S/c1-23-9-6-7-18-41(23)19-8-20-42(32(44)22-25-12-17-29(30(36)21-25)35(37,38)39)24(2)33-40-31-11-5-4-10-28(31)34(46)43(33)26-13-15-27(45-3)16-14-26/h4-5,10-17,21,23-24H,6-9,18-20,22H2,1-3H3. The van der Waals surface area contributed by atoms with Crippen LogP contribution in [0.1, 0.15) is 62.5 Å². The average Bonchev–Trinajstić information content (AvgIpc) is 3.03. The Morgan fingerprint density at radius 1 is 1.11 bits per heavy atom. The number of rotatable bonds is 10. The maximum Gasteiger partial charge on any atom is 0.419 e. The highest BCUT2D eigenvalue weighted by atomic mass is 32.1. The number of halogens is 4. The summed E-state index contributed by atoms with van der Waals surface area (Å²) in [5.74, 6) is -0.542. The van der Waals surface area contributed by atoms with E-state index >= 15 is 0 Å². The van der Waals surface area contributed by atoms with Crippen molar-refractivity contribution >= 4 is 29.0 Å². The molecule has 0 radical (unpaired) electrons. The minimum absolute atomic E-state index is 0.163. The summed E-state index contributed by atoms with van der Waals surface area (Å²) < 4.78 is 61.8. The van der Waals surface area contributed by atoms with Crippen LogP contribution < -0.4 is 4.74 Å². The first-order valence-corrected chi connectivity index (χ1v) is 15.9. The molecule has 2 atom stereocenters. The molecule has 11 heteroatoms. The molecule has 5 rings (SSSR count). The van der Waals surface area contributed by atoms with Crippen LogP contribution in [-0.2, 0) is 17.4 Å². The molecule has 2 heterocycles. The van der Waals surface area contributed by atoms with Crippen LogP contribution in [-0.4, -0.2) is 58.0 Å². The Bertz CT molecular complexity index is 1740. The molecular formula is C35H38F4N4O2S. The summed E-state index contributed by atoms with van der Waals surface area (Å²) in [6.07, 6.45) is -0.950. The van der Waals surface area contributed by atoms with Gasteiger partial charge in [0.1, 0.15) is 22.0 Å². The first-order chi connectivity index (χ1) is 22.0. The van der Waals surface area contributed by atoms with Gasteiger partial charge in [0.05, 0.1) is 30.7 Å². The van der Waals surface area contributed by atoms with E-state index in [1.807, 2.05) is 60.0 Å². The predicted octanol–water partition coefficient (Wildman–Crippen LogP) is 8.32. The molecule has 6 nitrogen and oxygen atoms in total. The number of hydrogen-bond donors (Lipinski definition) is 0. The number of amides is 1. The zero-order chi connectivity index (χ0) is 33.0. The lowest BCUT2D eigenvalue weighted by molar-refractivity contribution is -0.140. The zero-order valence-electron chi connectivity index (χ0n) is 26.2. The fourth-order valence-electron chi connectivity index (χ4n) is 6.19. The molecule has 1 saturated heterocycles. The number of aromatic nitrogens is 2. The van der Waals surface area contributed by atoms with Crippen LogP contribution in [0.3, 0.4) is 0 Å². The van der Waals surface area contributed by atoms with E-state index in [0.717, 1.165) is 49.1 Å². The smallest absolute Gasteiger partial charge is 0.419 e. The number of methoxy groups -OCH3 is 1. The van der Waals surface area contributed by atoms with Crippen molar-refractivity contribution < 1.29 is 27.1 Å². The molecule has 3 aromatic carbocycles. The Kier molecular flexibility index (Phi) is 10.4. The molecular weight excluding hydrogens is 616 g/mol. The SMILES string of the molecule is COc1ccc(-n2c(C(C)N(CCCN3CCCCC3C)C(=O)Cc3ccc(C(F)(F)F)c(F)c3)nc3ccccc3c2=S)cc1. The molecule has 46 heavy (non-hydrogen) atoms. The van der Waals surface area contributed by atoms with E-state index < -0.39 is 23.6 Å². The minimum Gasteiger partial charge on any atom is -0.497 e. The van der Waals surface area contributed by atoms with Gasteiger partial charge in [0, 0.05) is 30.2 Å². The number of carbonyl (C=O) groups excluding carboxylic acids is 1. The van der Waals surface area contributed by atoms with Gasteiger partial charge < -0.3 is 14.5 Å². The third kappa shape index (κ3) is 7.41. The lowest BCUT2D eigenvalue weighted by atomic mass is 10.0. The van der Waals surface area contributed by atoms with E-state index in [-0.39, 0.29) is 17.9 Å². The van der Waals surface area contributed by atoms with Crippen LogP contribution in [0.5, 0.6) is 5.75 Å². The maximum absolute atomic E-state index is 14.5. The highest BCUT2D eigenvalue weighted by Crippen LogP contribution is 2.32. The number of ether oxygens (including phenoxy) is 1. The fourth-order valence-corrected chi connectivity index (χ4v) is 6.56. The number of para-hydroxylation sites is 1. The highest BCUT2D eigenvalue weighted by Gasteiger charge is 2.34. The van der Waals surface area contributed by atoms with Crippen LogP contribution in [0.4, 0.5) is 17.6 Å². The number of piperidine rings is 1. The predicted molar refractivity (Wildman–Crippen MR) is 173 cm³/mol. The summed E-state index contributed by atoms with van der Waals surface area (Å²) in [7, 11) is 1.59. The van der Waals surface area contributed by atoms with Crippen molar-refractivity contribution in [3.8, 4) is 11.4 Å². The summed E-state index contributed by atoms with van der Waals surface area (Å²) in [6.45, 7) is 6.25. The molecule has 4 aromatic rings. The second kappa shape index (κ2) is 14.3. The van der Waals surface area contributed by atoms with E-state index in [0.29, 0.717) is 46.8 Å². The molecule has 1 aliphatic heterocycles. The number of hydrogen-bond acceptors (Lipinski definition) is 5. The van der Waals surface area contributed by atoms with E-state index in [9.17, 15) is 22.4 Å². The first-order valence-electron chi connectivity index (χ1n) is 15.5. The van der Waals surface area contributed by atoms with Gasteiger partial charge in [-0.1, -0.05) is 36.8 Å². The lowest BCUT2D eigenvalue weighted by Gasteiger charge is -2.35. The monoisotopic (exact) mass is 654 g/mol. The molecule has 1 fully saturated rings. The number of likely N-dealkylation sites (tertiary alicyclic amines) is 1. The Labute approximate surface area is 271 Å². The van der Waals surface area contributed by atoms with Gasteiger partial charge in [-0.3, -0.25) is 9.36 Å². The van der Waals surface area contributed by atoms with Gasteiger partial charge in [0.2, 0.25) is 5.91 Å². The molecule has 0 spiro atoms. The number of carbonyl (C=O) groups is 1. The van der Waals surface area contributed by atoms with Gasteiger partial charge >= 0.3 is 6.18 Å². The summed E-state index contributed by atoms with van der Waals surface area (Å²) in [5, 5.41) is 0.779. The van der Waals surface area contributed by atoms with E-state index in [1.54, 1.807) is 12.0 Å². The van der Waals surface area contributed by atoms with E-state index in [4.69, 9.17) is 21.9 Å². The van der Waals surface area contributed by atoms with Crippen molar-refractivity contribution in [2.45, 2.75) is 64.2 Å². The molecule has 1 aliphatic rings. The van der Waals surface area contributed by atoms with Crippen LogP contribution in [0.25, 0.3) is 16.6 Å². The number of fused-ring (bicyclic) bond motifs is 1. The van der Waals surface area contributed by atoms with Crippen molar-refractivity contribution in [2.75, 3.05) is 26.7 Å². The van der Waals surface area contributed by atoms with Gasteiger partial charge in [-0.15, -0.1) is 0 Å². The third-order valence-corrected chi connectivity index (χ3v) is 9.18. The van der Waals surface area contributed by atoms with Crippen molar-refractivity contribution in [1.29, 1.82) is 0 Å². The van der Waals surface area contributed by atoms with Gasteiger partial charge in [0.15, 0.2) is 0 Å². The summed E-state index contributed by atoms with van der Waals surface area (Å²) in [6, 6.07) is 17.4. The Morgan fingerprint density at radius 2 is 1.85 bits per heavy atom. The van der Waals surface area contributed by atoms with Gasteiger partial charge in [0.25, 0.3) is 0 Å². The highest BCUT2D eigenvalue weighted by molar-refractivity contribution is 7.71. The Hall–Kier alpha value is -3.83. The van der Waals surface area contributed by atoms with Crippen LogP contribution >= 0.6 is 12.2 Å². The molecule has 0 saturated carbocycles. The van der Waals surface area contributed by atoms with Crippen LogP contribution in [0.15, 0.2) is 66.7 Å². The summed E-state index contributed by atoms with van der Waals surface area (Å²) >= 11 is 5.99. The van der Waals surface area contributed by atoms with Crippen molar-refractivity contribution in [2.24, 2.45) is 0 Å². The fraction of sp³-hybridized carbons (Fsp3) is 0.400. The molecule has 2 unspecified atom stereocenters. The lowest BCUT2D eigenvalue weighted by Crippen LogP contribution is -2.41. The van der Waals surface area contributed by atoms with E-state index in [1.165, 1.54) is 6.42 Å². The van der Waals surface area contributed by atoms with Gasteiger partial charge in [-0.05, 0) is 93.7 Å². The largest absolute Gasteiger partial charge is 0.497 e. The average molecular weight is 655 g/mol. The van der Waals surface area contributed by atoms with E-state index in [2.05, 4.69) is 11.8 Å². The number of alkyl halides is 3. The Morgan fingerprint density at radius 3 is 2.52 bits per heavy atom. The van der Waals surface area contributed by atoms with Crippen molar-refractivity contribution in [3.63, 3.8) is 0 Å². The van der Waals surface area contributed by atoms with Crippen LogP contribution in [0.2, 0.25) is 0 Å². The summed E-state index contributed by atoms with van der Waals surface area (Å²) in [4.78, 5) is 23.2. The molecule has 1 aromatic heterocycles. The maximum atomic E-state index is 14.5. The molecule has 0 N–H and O–H groups in total. The third-order valence-electron chi connectivity index (χ3n) is 8.77. The second-order valence-corrected chi connectivity index (χ2v) is 12.2. The second-order valence-electron chi connectivity index (χ2n) is 11.8. The van der Waals surface area contributed by atoms with Gasteiger partial charge in [-0.2, -0.15) is 13.2 Å². The first kappa shape index (κ1) is 33.5. The normalized spacial score (nSPS) is 16.4. The quantitative estimate of drug-likeness (QED) is 0.127. The molecule has 0 bridgehead atoms. The van der Waals surface area contributed by atoms with Gasteiger partial charge in [-0.25, -0.2) is 9.37 Å². The van der Waals surface area contributed by atoms with Crippen molar-refractivity contribution in [1.82, 2.24) is 19.4 Å². The van der Waals surface area contributed by atoms with Crippen LogP contribution in [0, 0.1) is 10.5 Å². The summed E-state index contributed by atoms with van der Waals surface area (Å²) in [5.41, 5.74) is 0.225. The molecule has 0 aliphatic carbocycles.